The van der Waals surface area contributed by atoms with Gasteiger partial charge in [-0.1, -0.05) is 59.8 Å². The predicted octanol–water partition coefficient (Wildman–Crippen LogP) is 4.55. The van der Waals surface area contributed by atoms with Crippen LogP contribution in [0.4, 0.5) is 0 Å². The van der Waals surface area contributed by atoms with Gasteiger partial charge in [0.1, 0.15) is 0 Å². The molecule has 1 fully saturated rings. The van der Waals surface area contributed by atoms with E-state index < -0.39 is 5.91 Å². The van der Waals surface area contributed by atoms with Crippen LogP contribution in [0.3, 0.4) is 0 Å². The highest BCUT2D eigenvalue weighted by atomic mass is 16.5. The monoisotopic (exact) mass is 417 g/mol. The highest BCUT2D eigenvalue weighted by Crippen LogP contribution is 2.33. The third kappa shape index (κ3) is 4.93. The van der Waals surface area contributed by atoms with Gasteiger partial charge >= 0.3 is 0 Å². The fraction of sp³-hybridized carbons (Fsp3) is 0.280. The molecule has 0 radical (unpaired) electrons. The number of aromatic nitrogens is 1. The second kappa shape index (κ2) is 9.73. The molecule has 6 heteroatoms. The highest BCUT2D eigenvalue weighted by Gasteiger charge is 2.26. The summed E-state index contributed by atoms with van der Waals surface area (Å²) in [7, 11) is 0. The Labute approximate surface area is 182 Å². The van der Waals surface area contributed by atoms with Crippen LogP contribution in [0.2, 0.25) is 0 Å². The third-order valence-electron chi connectivity index (χ3n) is 5.89. The lowest BCUT2D eigenvalue weighted by Gasteiger charge is -2.25. The van der Waals surface area contributed by atoms with Crippen LogP contribution >= 0.6 is 0 Å². The first kappa shape index (κ1) is 21.0. The number of aryl methyl sites for hydroxylation is 1. The largest absolute Gasteiger partial charge is 0.356 e. The molecule has 2 aromatic carbocycles. The quantitative estimate of drug-likeness (QED) is 0.335. The first-order valence-corrected chi connectivity index (χ1v) is 10.6. The molecule has 1 amide bonds. The maximum atomic E-state index is 11.1. The summed E-state index contributed by atoms with van der Waals surface area (Å²) < 4.78 is 5.65. The molecule has 0 saturated carbocycles. The second-order valence-corrected chi connectivity index (χ2v) is 7.86. The van der Waals surface area contributed by atoms with E-state index in [1.165, 1.54) is 23.6 Å². The molecule has 1 aliphatic rings. The van der Waals surface area contributed by atoms with Crippen molar-refractivity contribution in [1.82, 2.24) is 15.5 Å². The number of hydrogen-bond donors (Lipinski definition) is 2. The highest BCUT2D eigenvalue weighted by molar-refractivity contribution is 5.90. The number of benzene rings is 2. The summed E-state index contributed by atoms with van der Waals surface area (Å²) in [4.78, 5) is 13.7. The molecule has 4 rings (SSSR count). The van der Waals surface area contributed by atoms with Crippen molar-refractivity contribution in [2.75, 3.05) is 13.1 Å². The van der Waals surface area contributed by atoms with E-state index in [0.29, 0.717) is 6.04 Å². The Morgan fingerprint density at radius 2 is 2.00 bits per heavy atom. The van der Waals surface area contributed by atoms with Crippen molar-refractivity contribution in [3.8, 4) is 11.3 Å². The minimum absolute atomic E-state index is 0.388. The Hall–Kier alpha value is -3.22. The number of nitrogens with zero attached hydrogens (tertiary/aromatic N) is 2. The molecule has 0 spiro atoms. The summed E-state index contributed by atoms with van der Waals surface area (Å²) >= 11 is 0. The molecule has 0 aliphatic carbocycles. The van der Waals surface area contributed by atoms with Gasteiger partial charge in [0.25, 0.3) is 5.91 Å². The Balaban J connectivity index is 1.44. The van der Waals surface area contributed by atoms with E-state index in [1.807, 2.05) is 37.3 Å². The van der Waals surface area contributed by atoms with Crippen LogP contribution in [0.1, 0.15) is 41.3 Å². The molecule has 1 aliphatic heterocycles. The topological polar surface area (TPSA) is 78.6 Å². The van der Waals surface area contributed by atoms with E-state index in [2.05, 4.69) is 34.3 Å². The zero-order chi connectivity index (χ0) is 21.6. The molecule has 3 aromatic rings. The molecule has 2 heterocycles. The maximum absolute atomic E-state index is 11.1. The van der Waals surface area contributed by atoms with Crippen molar-refractivity contribution in [3.05, 3.63) is 83.1 Å². The second-order valence-electron chi connectivity index (χ2n) is 7.86. The Morgan fingerprint density at radius 1 is 1.23 bits per heavy atom. The van der Waals surface area contributed by atoms with Gasteiger partial charge in [-0.15, -0.1) is 0 Å². The van der Waals surface area contributed by atoms with Crippen LogP contribution in [0.5, 0.6) is 0 Å². The fourth-order valence-corrected chi connectivity index (χ4v) is 4.26. The number of nitrogens with one attached hydrogen (secondary N) is 1. The van der Waals surface area contributed by atoms with Crippen LogP contribution in [-0.2, 0) is 11.2 Å². The first-order valence-electron chi connectivity index (χ1n) is 10.6. The summed E-state index contributed by atoms with van der Waals surface area (Å²) in [5.74, 6) is 0.335. The van der Waals surface area contributed by atoms with Crippen molar-refractivity contribution < 1.29 is 14.5 Å². The minimum atomic E-state index is -0.537. The summed E-state index contributed by atoms with van der Waals surface area (Å²) in [5.41, 5.74) is 7.00. The molecule has 6 nitrogen and oxygen atoms in total. The van der Waals surface area contributed by atoms with Crippen LogP contribution in [0.15, 0.2) is 65.2 Å². The van der Waals surface area contributed by atoms with Gasteiger partial charge in [-0.3, -0.25) is 14.9 Å². The number of hydrogen-bond acceptors (Lipinski definition) is 5. The number of hydroxylamine groups is 1. The van der Waals surface area contributed by atoms with Gasteiger partial charge in [0.2, 0.25) is 0 Å². The lowest BCUT2D eigenvalue weighted by molar-refractivity contribution is -0.124. The van der Waals surface area contributed by atoms with Gasteiger partial charge in [-0.2, -0.15) is 0 Å². The van der Waals surface area contributed by atoms with E-state index >= 15 is 0 Å². The van der Waals surface area contributed by atoms with Gasteiger partial charge in [-0.05, 0) is 49.9 Å². The Kier molecular flexibility index (Phi) is 6.60. The molecule has 1 atom stereocenters. The molecule has 0 bridgehead atoms. The van der Waals surface area contributed by atoms with Crippen molar-refractivity contribution in [2.45, 2.75) is 32.2 Å². The molecular formula is C25H27N3O3. The van der Waals surface area contributed by atoms with Crippen LogP contribution in [0.25, 0.3) is 17.4 Å². The number of amides is 1. The number of likely N-dealkylation sites (tertiary alicyclic amines) is 1. The lowest BCUT2D eigenvalue weighted by Crippen LogP contribution is -2.26. The SMILES string of the molecule is Cc1noc(-c2ccccc2)c1CCN1CCCC1c1ccc(/C=C/C(=O)NO)cc1. The van der Waals surface area contributed by atoms with E-state index in [1.54, 1.807) is 11.6 Å². The van der Waals surface area contributed by atoms with Gasteiger partial charge in [0, 0.05) is 29.8 Å². The van der Waals surface area contributed by atoms with Gasteiger partial charge < -0.3 is 4.52 Å². The van der Waals surface area contributed by atoms with Gasteiger partial charge in [0.15, 0.2) is 5.76 Å². The zero-order valence-corrected chi connectivity index (χ0v) is 17.6. The van der Waals surface area contributed by atoms with Crippen molar-refractivity contribution in [1.29, 1.82) is 0 Å². The molecule has 1 unspecified atom stereocenters. The van der Waals surface area contributed by atoms with E-state index in [0.717, 1.165) is 48.5 Å². The normalized spacial score (nSPS) is 16.8. The van der Waals surface area contributed by atoms with Crippen molar-refractivity contribution >= 4 is 12.0 Å². The standard InChI is InChI=1S/C25H27N3O3/c1-18-22(25(31-27-18)21-6-3-2-4-7-21)15-17-28-16-5-8-23(28)20-12-9-19(10-13-20)11-14-24(29)26-30/h2-4,6-7,9-14,23,30H,5,8,15-17H2,1H3,(H,26,29)/b14-11+. The van der Waals surface area contributed by atoms with E-state index in [4.69, 9.17) is 9.73 Å². The Bertz CT molecular complexity index is 1040. The molecule has 160 valence electrons. The zero-order valence-electron chi connectivity index (χ0n) is 17.6. The smallest absolute Gasteiger partial charge is 0.267 e. The number of carbonyl (C=O) groups is 1. The minimum Gasteiger partial charge on any atom is -0.356 e. The van der Waals surface area contributed by atoms with Crippen LogP contribution in [0, 0.1) is 6.92 Å². The van der Waals surface area contributed by atoms with E-state index in [9.17, 15) is 4.79 Å². The average molecular weight is 418 g/mol. The molecule has 2 N–H and O–H groups in total. The third-order valence-corrected chi connectivity index (χ3v) is 5.89. The van der Waals surface area contributed by atoms with Crippen LogP contribution < -0.4 is 5.48 Å². The van der Waals surface area contributed by atoms with Gasteiger partial charge in [0.05, 0.1) is 5.69 Å². The van der Waals surface area contributed by atoms with E-state index in [-0.39, 0.29) is 0 Å². The number of carbonyl (C=O) groups excluding carboxylic acids is 1. The van der Waals surface area contributed by atoms with Gasteiger partial charge in [-0.25, -0.2) is 5.48 Å². The molecular weight excluding hydrogens is 390 g/mol. The summed E-state index contributed by atoms with van der Waals surface area (Å²) in [6, 6.07) is 18.8. The molecule has 1 aromatic heterocycles. The summed E-state index contributed by atoms with van der Waals surface area (Å²) in [6.07, 6.45) is 6.20. The summed E-state index contributed by atoms with van der Waals surface area (Å²) in [5, 5.41) is 12.8. The predicted molar refractivity (Wildman–Crippen MR) is 119 cm³/mol. The lowest BCUT2D eigenvalue weighted by atomic mass is 10.0. The van der Waals surface area contributed by atoms with Crippen molar-refractivity contribution in [3.63, 3.8) is 0 Å². The average Bonchev–Trinajstić information content (AvgIpc) is 3.43. The maximum Gasteiger partial charge on any atom is 0.267 e. The van der Waals surface area contributed by atoms with Crippen molar-refractivity contribution in [2.24, 2.45) is 0 Å². The number of rotatable bonds is 7. The molecule has 1 saturated heterocycles. The Morgan fingerprint density at radius 3 is 2.74 bits per heavy atom. The van der Waals surface area contributed by atoms with Crippen LogP contribution in [-0.4, -0.2) is 34.3 Å². The molecule has 31 heavy (non-hydrogen) atoms. The fourth-order valence-electron chi connectivity index (χ4n) is 4.26. The first-order chi connectivity index (χ1) is 15.2. The summed E-state index contributed by atoms with van der Waals surface area (Å²) in [6.45, 7) is 4.04.